The Balaban J connectivity index is 1.48. The van der Waals surface area contributed by atoms with Gasteiger partial charge in [0.05, 0.1) is 6.10 Å². The van der Waals surface area contributed by atoms with Crippen LogP contribution in [0, 0.1) is 0 Å². The van der Waals surface area contributed by atoms with Crippen LogP contribution in [0.2, 0.25) is 0 Å². The van der Waals surface area contributed by atoms with Crippen LogP contribution in [0.25, 0.3) is 5.57 Å². The Morgan fingerprint density at radius 1 is 1.31 bits per heavy atom. The fraction of sp³-hybridized carbons (Fsp3) is 0.318. The fourth-order valence-electron chi connectivity index (χ4n) is 3.12. The Morgan fingerprint density at radius 2 is 2.04 bits per heavy atom. The molecular weight excluding hydrogens is 326 g/mol. The third-order valence-electron chi connectivity index (χ3n) is 4.81. The molecule has 0 amide bonds. The van der Waals surface area contributed by atoms with Crippen molar-refractivity contribution in [2.24, 2.45) is 0 Å². The Bertz CT molecular complexity index is 808. The maximum Gasteiger partial charge on any atom is 0.252 e. The van der Waals surface area contributed by atoms with Crippen molar-refractivity contribution in [2.75, 3.05) is 0 Å². The SMILES string of the molecule is C=C(/C=C\C(=C/C)c1cc(O)no1)O[C@H]1C[C@@H](c2ccc(CC)cc2)C1. The molecule has 0 aliphatic heterocycles. The number of hydrogen-bond donors (Lipinski definition) is 1. The van der Waals surface area contributed by atoms with Gasteiger partial charge in [0.25, 0.3) is 5.88 Å². The average molecular weight is 351 g/mol. The van der Waals surface area contributed by atoms with E-state index in [1.165, 1.54) is 17.2 Å². The molecule has 1 aliphatic carbocycles. The number of aromatic hydroxyl groups is 1. The van der Waals surface area contributed by atoms with Crippen molar-refractivity contribution >= 4 is 5.57 Å². The highest BCUT2D eigenvalue weighted by Crippen LogP contribution is 2.39. The lowest BCUT2D eigenvalue weighted by Crippen LogP contribution is -2.29. The van der Waals surface area contributed by atoms with Crippen LogP contribution in [0.3, 0.4) is 0 Å². The number of hydrogen-bond acceptors (Lipinski definition) is 4. The van der Waals surface area contributed by atoms with E-state index in [1.54, 1.807) is 0 Å². The maximum absolute atomic E-state index is 9.28. The van der Waals surface area contributed by atoms with Crippen molar-refractivity contribution in [1.29, 1.82) is 0 Å². The summed E-state index contributed by atoms with van der Waals surface area (Å²) in [7, 11) is 0. The maximum atomic E-state index is 9.28. The molecule has 2 aromatic rings. The molecule has 26 heavy (non-hydrogen) atoms. The van der Waals surface area contributed by atoms with E-state index < -0.39 is 0 Å². The fourth-order valence-corrected chi connectivity index (χ4v) is 3.12. The third-order valence-corrected chi connectivity index (χ3v) is 4.81. The van der Waals surface area contributed by atoms with Crippen LogP contribution in [0.4, 0.5) is 0 Å². The summed E-state index contributed by atoms with van der Waals surface area (Å²) in [5.74, 6) is 1.58. The smallest absolute Gasteiger partial charge is 0.252 e. The van der Waals surface area contributed by atoms with Crippen molar-refractivity contribution < 1.29 is 14.4 Å². The number of allylic oxidation sites excluding steroid dienone is 4. The van der Waals surface area contributed by atoms with E-state index in [-0.39, 0.29) is 12.0 Å². The first-order valence-electron chi connectivity index (χ1n) is 9.04. The molecule has 0 unspecified atom stereocenters. The first kappa shape index (κ1) is 18.1. The lowest BCUT2D eigenvalue weighted by molar-refractivity contribution is 0.0432. The van der Waals surface area contributed by atoms with Crippen molar-refractivity contribution in [2.45, 2.75) is 45.1 Å². The van der Waals surface area contributed by atoms with Gasteiger partial charge in [0.15, 0.2) is 5.76 Å². The van der Waals surface area contributed by atoms with Gasteiger partial charge in [-0.3, -0.25) is 0 Å². The second-order valence-electron chi connectivity index (χ2n) is 6.60. The minimum absolute atomic E-state index is 0.129. The van der Waals surface area contributed by atoms with E-state index in [4.69, 9.17) is 9.26 Å². The van der Waals surface area contributed by atoms with Crippen LogP contribution in [-0.2, 0) is 11.2 Å². The first-order chi connectivity index (χ1) is 12.6. The Kier molecular flexibility index (Phi) is 5.61. The molecule has 0 radical (unpaired) electrons. The summed E-state index contributed by atoms with van der Waals surface area (Å²) in [6.07, 6.45) is 8.87. The van der Waals surface area contributed by atoms with Crippen molar-refractivity contribution in [3.05, 3.63) is 77.8 Å². The minimum atomic E-state index is -0.129. The highest BCUT2D eigenvalue weighted by molar-refractivity contribution is 5.71. The topological polar surface area (TPSA) is 55.5 Å². The molecule has 0 spiro atoms. The Hall–Kier alpha value is -2.75. The van der Waals surface area contributed by atoms with Crippen molar-refractivity contribution in [3.63, 3.8) is 0 Å². The van der Waals surface area contributed by atoms with E-state index in [0.717, 1.165) is 24.8 Å². The van der Waals surface area contributed by atoms with Gasteiger partial charge >= 0.3 is 0 Å². The van der Waals surface area contributed by atoms with Gasteiger partial charge < -0.3 is 14.4 Å². The summed E-state index contributed by atoms with van der Waals surface area (Å²) in [5.41, 5.74) is 3.58. The van der Waals surface area contributed by atoms with Gasteiger partial charge in [-0.25, -0.2) is 0 Å². The molecule has 1 saturated carbocycles. The van der Waals surface area contributed by atoms with Gasteiger partial charge in [-0.2, -0.15) is 0 Å². The minimum Gasteiger partial charge on any atom is -0.491 e. The van der Waals surface area contributed by atoms with Gasteiger partial charge in [0.2, 0.25) is 0 Å². The molecule has 136 valence electrons. The average Bonchev–Trinajstić information content (AvgIpc) is 3.05. The molecule has 1 aromatic carbocycles. The molecule has 4 heteroatoms. The summed E-state index contributed by atoms with van der Waals surface area (Å²) in [5, 5.41) is 12.8. The number of ether oxygens (including phenoxy) is 1. The lowest BCUT2D eigenvalue weighted by Gasteiger charge is -2.36. The molecule has 0 atom stereocenters. The van der Waals surface area contributed by atoms with Crippen molar-refractivity contribution in [1.82, 2.24) is 5.16 Å². The molecule has 1 fully saturated rings. The Labute approximate surface area is 154 Å². The van der Waals surface area contributed by atoms with Crippen molar-refractivity contribution in [3.8, 4) is 5.88 Å². The summed E-state index contributed by atoms with van der Waals surface area (Å²) >= 11 is 0. The highest BCUT2D eigenvalue weighted by atomic mass is 16.5. The summed E-state index contributed by atoms with van der Waals surface area (Å²) in [6.45, 7) is 8.03. The summed E-state index contributed by atoms with van der Waals surface area (Å²) < 4.78 is 11.0. The van der Waals surface area contributed by atoms with Gasteiger partial charge in [-0.05, 0) is 60.5 Å². The zero-order chi connectivity index (χ0) is 18.5. The molecular formula is C22H25NO3. The number of benzene rings is 1. The molecule has 0 saturated heterocycles. The second-order valence-corrected chi connectivity index (χ2v) is 6.60. The molecule has 1 aromatic heterocycles. The number of nitrogens with zero attached hydrogens (tertiary/aromatic N) is 1. The number of rotatable bonds is 7. The van der Waals surface area contributed by atoms with Gasteiger partial charge in [0, 0.05) is 11.6 Å². The molecule has 1 N–H and O–H groups in total. The van der Waals surface area contributed by atoms with E-state index >= 15 is 0 Å². The molecule has 4 nitrogen and oxygen atoms in total. The van der Waals surface area contributed by atoms with E-state index in [9.17, 15) is 5.11 Å². The van der Waals surface area contributed by atoms with Gasteiger partial charge in [-0.15, -0.1) is 0 Å². The standard InChI is InChI=1S/C22H25NO3/c1-4-16-7-10-18(11-8-16)19-12-20(13-19)25-15(3)6-9-17(5-2)21-14-22(24)23-26-21/h5-11,14,19-20H,3-4,12-13H2,1-2H3,(H,23,24)/b9-6-,17-5+/t19-,20+. The predicted octanol–water partition coefficient (Wildman–Crippen LogP) is 5.38. The first-order valence-corrected chi connectivity index (χ1v) is 9.04. The zero-order valence-corrected chi connectivity index (χ0v) is 15.3. The normalized spacial score (nSPS) is 20.2. The quantitative estimate of drug-likeness (QED) is 0.537. The molecule has 3 rings (SSSR count). The highest BCUT2D eigenvalue weighted by Gasteiger charge is 2.31. The monoisotopic (exact) mass is 351 g/mol. The largest absolute Gasteiger partial charge is 0.491 e. The lowest BCUT2D eigenvalue weighted by atomic mass is 9.77. The van der Waals surface area contributed by atoms with Crippen LogP contribution < -0.4 is 0 Å². The molecule has 0 bridgehead atoms. The van der Waals surface area contributed by atoms with E-state index in [0.29, 0.717) is 17.4 Å². The van der Waals surface area contributed by atoms with Gasteiger partial charge in [0.1, 0.15) is 5.76 Å². The van der Waals surface area contributed by atoms with Crippen LogP contribution in [0.1, 0.15) is 49.5 Å². The summed E-state index contributed by atoms with van der Waals surface area (Å²) in [6, 6.07) is 10.4. The predicted molar refractivity (Wildman–Crippen MR) is 103 cm³/mol. The van der Waals surface area contributed by atoms with Crippen LogP contribution in [-0.4, -0.2) is 16.4 Å². The zero-order valence-electron chi connectivity index (χ0n) is 15.3. The van der Waals surface area contributed by atoms with E-state index in [2.05, 4.69) is 42.9 Å². The van der Waals surface area contributed by atoms with E-state index in [1.807, 2.05) is 25.2 Å². The summed E-state index contributed by atoms with van der Waals surface area (Å²) in [4.78, 5) is 0. The third kappa shape index (κ3) is 4.26. The molecule has 1 heterocycles. The number of aromatic nitrogens is 1. The Morgan fingerprint density at radius 3 is 2.62 bits per heavy atom. The van der Waals surface area contributed by atoms with Gasteiger partial charge in [-0.1, -0.05) is 43.8 Å². The number of aryl methyl sites for hydroxylation is 1. The van der Waals surface area contributed by atoms with Crippen LogP contribution in [0.5, 0.6) is 5.88 Å². The second kappa shape index (κ2) is 8.09. The van der Waals surface area contributed by atoms with Crippen LogP contribution >= 0.6 is 0 Å². The van der Waals surface area contributed by atoms with Crippen LogP contribution in [0.15, 0.2) is 65.4 Å². The molecule has 1 aliphatic rings.